The second-order valence-electron chi connectivity index (χ2n) is 5.86. The number of thiophene rings is 1. The van der Waals surface area contributed by atoms with Gasteiger partial charge >= 0.3 is 0 Å². The summed E-state index contributed by atoms with van der Waals surface area (Å²) in [5.74, 6) is 0.847. The minimum absolute atomic E-state index is 0.0265. The zero-order chi connectivity index (χ0) is 16.5. The summed E-state index contributed by atoms with van der Waals surface area (Å²) in [5, 5.41) is 3.08. The van der Waals surface area contributed by atoms with Gasteiger partial charge in [-0.3, -0.25) is 4.79 Å². The van der Waals surface area contributed by atoms with Crippen LogP contribution in [0.4, 0.5) is 0 Å². The van der Waals surface area contributed by atoms with Crippen LogP contribution >= 0.6 is 11.3 Å². The molecule has 0 fully saturated rings. The fourth-order valence-corrected chi connectivity index (χ4v) is 4.00. The first-order valence-corrected chi connectivity index (χ1v) is 8.75. The molecule has 1 aliphatic rings. The van der Waals surface area contributed by atoms with Gasteiger partial charge in [0.25, 0.3) is 5.91 Å². The number of nitrogens with one attached hydrogen (secondary N) is 1. The van der Waals surface area contributed by atoms with Crippen molar-refractivity contribution in [3.05, 3.63) is 76.7 Å². The third kappa shape index (κ3) is 2.69. The summed E-state index contributed by atoms with van der Waals surface area (Å²) in [4.78, 5) is 14.5. The molecular formula is C20H17NO2S. The van der Waals surface area contributed by atoms with E-state index in [0.29, 0.717) is 6.61 Å². The van der Waals surface area contributed by atoms with E-state index in [1.54, 1.807) is 0 Å². The van der Waals surface area contributed by atoms with E-state index in [2.05, 4.69) is 5.32 Å². The molecule has 0 saturated carbocycles. The van der Waals surface area contributed by atoms with Gasteiger partial charge in [0, 0.05) is 16.0 Å². The van der Waals surface area contributed by atoms with Crippen molar-refractivity contribution in [3.8, 4) is 16.2 Å². The quantitative estimate of drug-likeness (QED) is 0.747. The molecule has 2 aromatic carbocycles. The van der Waals surface area contributed by atoms with Gasteiger partial charge in [0.05, 0.1) is 10.9 Å². The van der Waals surface area contributed by atoms with E-state index in [1.807, 2.05) is 67.6 Å². The third-order valence-corrected chi connectivity index (χ3v) is 5.40. The standard InChI is InChI=1S/C20H17NO2S/c1-13(14-7-3-2-4-8-14)21-20(22)18-11-15-12-23-17-10-6-5-9-16(17)19(15)24-18/h2-11,13H,12H2,1H3,(H,21,22). The Morgan fingerprint density at radius 3 is 2.71 bits per heavy atom. The Kier molecular flexibility index (Phi) is 3.82. The van der Waals surface area contributed by atoms with Crippen LogP contribution < -0.4 is 10.1 Å². The number of benzene rings is 2. The van der Waals surface area contributed by atoms with Crippen molar-refractivity contribution in [1.29, 1.82) is 0 Å². The molecule has 0 bridgehead atoms. The fraction of sp³-hybridized carbons (Fsp3) is 0.150. The second kappa shape index (κ2) is 6.13. The Hall–Kier alpha value is -2.59. The molecule has 4 rings (SSSR count). The first-order chi connectivity index (χ1) is 11.7. The van der Waals surface area contributed by atoms with Gasteiger partial charge in [0.2, 0.25) is 0 Å². The van der Waals surface area contributed by atoms with Crippen molar-refractivity contribution in [1.82, 2.24) is 5.32 Å². The van der Waals surface area contributed by atoms with Crippen LogP contribution in [0.25, 0.3) is 10.4 Å². The topological polar surface area (TPSA) is 38.3 Å². The van der Waals surface area contributed by atoms with Gasteiger partial charge in [-0.25, -0.2) is 0 Å². The Labute approximate surface area is 144 Å². The van der Waals surface area contributed by atoms with Crippen molar-refractivity contribution in [3.63, 3.8) is 0 Å². The molecule has 1 unspecified atom stereocenters. The average molecular weight is 335 g/mol. The van der Waals surface area contributed by atoms with Gasteiger partial charge in [0.1, 0.15) is 12.4 Å². The van der Waals surface area contributed by atoms with Gasteiger partial charge in [-0.1, -0.05) is 42.5 Å². The Morgan fingerprint density at radius 1 is 1.12 bits per heavy atom. The van der Waals surface area contributed by atoms with Crippen LogP contribution in [0.15, 0.2) is 60.7 Å². The summed E-state index contributed by atoms with van der Waals surface area (Å²) in [5.41, 5.74) is 3.25. The molecule has 24 heavy (non-hydrogen) atoms. The lowest BCUT2D eigenvalue weighted by Gasteiger charge is -2.16. The lowest BCUT2D eigenvalue weighted by atomic mass is 10.1. The Bertz CT molecular complexity index is 886. The summed E-state index contributed by atoms with van der Waals surface area (Å²) in [6, 6.07) is 19.9. The van der Waals surface area contributed by atoms with Crippen LogP contribution in [0.2, 0.25) is 0 Å². The summed E-state index contributed by atoms with van der Waals surface area (Å²) < 4.78 is 5.77. The van der Waals surface area contributed by atoms with Crippen LogP contribution in [-0.2, 0) is 6.61 Å². The number of rotatable bonds is 3. The molecule has 3 aromatic rings. The van der Waals surface area contributed by atoms with E-state index in [-0.39, 0.29) is 11.9 Å². The van der Waals surface area contributed by atoms with Gasteiger partial charge in [0.15, 0.2) is 0 Å². The normalized spacial score (nSPS) is 13.4. The summed E-state index contributed by atoms with van der Waals surface area (Å²) in [6.45, 7) is 2.52. The number of para-hydroxylation sites is 1. The summed E-state index contributed by atoms with van der Waals surface area (Å²) in [6.07, 6.45) is 0. The summed E-state index contributed by atoms with van der Waals surface area (Å²) >= 11 is 1.53. The predicted octanol–water partition coefficient (Wildman–Crippen LogP) is 4.80. The van der Waals surface area contributed by atoms with Gasteiger partial charge in [-0.2, -0.15) is 0 Å². The molecule has 4 heteroatoms. The van der Waals surface area contributed by atoms with Crippen molar-refractivity contribution in [2.45, 2.75) is 19.6 Å². The lowest BCUT2D eigenvalue weighted by Crippen LogP contribution is -2.25. The Balaban J connectivity index is 1.58. The molecule has 2 heterocycles. The van der Waals surface area contributed by atoms with Crippen molar-refractivity contribution in [2.24, 2.45) is 0 Å². The van der Waals surface area contributed by atoms with Crippen LogP contribution in [-0.4, -0.2) is 5.91 Å². The highest BCUT2D eigenvalue weighted by Crippen LogP contribution is 2.42. The van der Waals surface area contributed by atoms with Gasteiger partial charge in [-0.15, -0.1) is 11.3 Å². The number of hydrogen-bond donors (Lipinski definition) is 1. The molecule has 120 valence electrons. The van der Waals surface area contributed by atoms with Crippen molar-refractivity contribution in [2.75, 3.05) is 0 Å². The molecule has 1 N–H and O–H groups in total. The van der Waals surface area contributed by atoms with E-state index < -0.39 is 0 Å². The maximum atomic E-state index is 12.6. The van der Waals surface area contributed by atoms with Gasteiger partial charge in [-0.05, 0) is 30.7 Å². The zero-order valence-corrected chi connectivity index (χ0v) is 14.1. The number of carbonyl (C=O) groups excluding carboxylic acids is 1. The van der Waals surface area contributed by atoms with E-state index >= 15 is 0 Å². The monoisotopic (exact) mass is 335 g/mol. The largest absolute Gasteiger partial charge is 0.488 e. The number of hydrogen-bond acceptors (Lipinski definition) is 3. The molecule has 0 radical (unpaired) electrons. The van der Waals surface area contributed by atoms with Crippen LogP contribution in [0.3, 0.4) is 0 Å². The molecule has 0 aliphatic carbocycles. The van der Waals surface area contributed by atoms with E-state index in [0.717, 1.165) is 32.2 Å². The number of carbonyl (C=O) groups is 1. The van der Waals surface area contributed by atoms with Crippen molar-refractivity contribution < 1.29 is 9.53 Å². The number of amides is 1. The van der Waals surface area contributed by atoms with Gasteiger partial charge < -0.3 is 10.1 Å². The number of fused-ring (bicyclic) bond motifs is 3. The molecule has 1 atom stereocenters. The minimum atomic E-state index is -0.0387. The predicted molar refractivity (Wildman–Crippen MR) is 96.4 cm³/mol. The molecule has 1 amide bonds. The van der Waals surface area contributed by atoms with E-state index in [9.17, 15) is 4.79 Å². The molecule has 3 nitrogen and oxygen atoms in total. The SMILES string of the molecule is CC(NC(=O)c1cc2c(s1)-c1ccccc1OC2)c1ccccc1. The second-order valence-corrected chi connectivity index (χ2v) is 6.91. The smallest absolute Gasteiger partial charge is 0.261 e. The van der Waals surface area contributed by atoms with Crippen LogP contribution in [0.1, 0.15) is 33.8 Å². The first-order valence-electron chi connectivity index (χ1n) is 7.93. The van der Waals surface area contributed by atoms with E-state index in [4.69, 9.17) is 4.74 Å². The molecular weight excluding hydrogens is 318 g/mol. The minimum Gasteiger partial charge on any atom is -0.488 e. The zero-order valence-electron chi connectivity index (χ0n) is 13.3. The highest BCUT2D eigenvalue weighted by molar-refractivity contribution is 7.17. The lowest BCUT2D eigenvalue weighted by molar-refractivity contribution is 0.0944. The van der Waals surface area contributed by atoms with Crippen LogP contribution in [0.5, 0.6) is 5.75 Å². The highest BCUT2D eigenvalue weighted by atomic mass is 32.1. The fourth-order valence-electron chi connectivity index (χ4n) is 2.90. The molecule has 0 saturated heterocycles. The molecule has 1 aliphatic heterocycles. The first kappa shape index (κ1) is 15.0. The molecule has 1 aromatic heterocycles. The Morgan fingerprint density at radius 2 is 1.88 bits per heavy atom. The molecule has 0 spiro atoms. The number of ether oxygens (including phenoxy) is 1. The maximum absolute atomic E-state index is 12.6. The van der Waals surface area contributed by atoms with Crippen LogP contribution in [0, 0.1) is 0 Å². The average Bonchev–Trinajstić information content (AvgIpc) is 3.07. The van der Waals surface area contributed by atoms with E-state index in [1.165, 1.54) is 11.3 Å². The summed E-state index contributed by atoms with van der Waals surface area (Å²) in [7, 11) is 0. The maximum Gasteiger partial charge on any atom is 0.261 e. The third-order valence-electron chi connectivity index (χ3n) is 4.19. The van der Waals surface area contributed by atoms with Crippen molar-refractivity contribution >= 4 is 17.2 Å². The highest BCUT2D eigenvalue weighted by Gasteiger charge is 2.23.